The van der Waals surface area contributed by atoms with Crippen LogP contribution in [0, 0.1) is 11.6 Å². The first-order chi connectivity index (χ1) is 14.0. The fourth-order valence-corrected chi connectivity index (χ4v) is 3.55. The van der Waals surface area contributed by atoms with E-state index in [4.69, 9.17) is 14.2 Å². The second-order valence-electron chi connectivity index (χ2n) is 6.77. The molecule has 3 rings (SSSR count). The van der Waals surface area contributed by atoms with Crippen molar-refractivity contribution in [3.8, 4) is 17.2 Å². The lowest BCUT2D eigenvalue weighted by Gasteiger charge is -2.33. The van der Waals surface area contributed by atoms with Gasteiger partial charge in [0.1, 0.15) is 11.6 Å². The van der Waals surface area contributed by atoms with E-state index in [1.54, 1.807) is 14.2 Å². The van der Waals surface area contributed by atoms with Crippen molar-refractivity contribution in [2.45, 2.75) is 31.5 Å². The highest BCUT2D eigenvalue weighted by Gasteiger charge is 2.31. The molecular weight excluding hydrogens is 382 g/mol. The quantitative estimate of drug-likeness (QED) is 0.740. The van der Waals surface area contributed by atoms with Crippen LogP contribution in [0.5, 0.6) is 17.2 Å². The third-order valence-corrected chi connectivity index (χ3v) is 4.99. The molecule has 2 N–H and O–H groups in total. The van der Waals surface area contributed by atoms with Crippen molar-refractivity contribution in [2.75, 3.05) is 21.3 Å². The maximum Gasteiger partial charge on any atom is 0.220 e. The van der Waals surface area contributed by atoms with Crippen LogP contribution in [-0.2, 0) is 11.3 Å². The molecule has 1 heterocycles. The molecule has 1 aliphatic rings. The van der Waals surface area contributed by atoms with E-state index in [-0.39, 0.29) is 17.5 Å². The van der Waals surface area contributed by atoms with Gasteiger partial charge in [0.2, 0.25) is 11.7 Å². The van der Waals surface area contributed by atoms with Gasteiger partial charge < -0.3 is 24.8 Å². The molecule has 0 bridgehead atoms. The molecule has 1 aliphatic heterocycles. The summed E-state index contributed by atoms with van der Waals surface area (Å²) in [4.78, 5) is 11.9. The molecule has 1 amide bonds. The van der Waals surface area contributed by atoms with Gasteiger partial charge in [0.25, 0.3) is 0 Å². The highest BCUT2D eigenvalue weighted by molar-refractivity contribution is 5.77. The first-order valence-electron chi connectivity index (χ1n) is 9.23. The van der Waals surface area contributed by atoms with E-state index >= 15 is 0 Å². The lowest BCUT2D eigenvalue weighted by molar-refractivity contribution is -0.123. The standard InChI is InChI=1S/C21H24F2N2O4/c1-27-17-8-12(9-18(28-2)21(17)29-3)11-24-16-6-7-19(26)25-20(16)14-5-4-13(22)10-15(14)23/h4-5,8-10,16,20,24H,6-7,11H2,1-3H3,(H,25,26)/t16-,20+/m1/s1. The molecular formula is C21H24F2N2O4. The average molecular weight is 406 g/mol. The van der Waals surface area contributed by atoms with Crippen molar-refractivity contribution in [3.05, 3.63) is 53.1 Å². The van der Waals surface area contributed by atoms with E-state index in [2.05, 4.69) is 10.6 Å². The number of halogens is 2. The van der Waals surface area contributed by atoms with Crippen molar-refractivity contribution < 1.29 is 27.8 Å². The van der Waals surface area contributed by atoms with Crippen LogP contribution in [0.2, 0.25) is 0 Å². The topological polar surface area (TPSA) is 68.8 Å². The van der Waals surface area contributed by atoms with Crippen LogP contribution in [0.1, 0.15) is 30.0 Å². The monoisotopic (exact) mass is 406 g/mol. The van der Waals surface area contributed by atoms with Crippen molar-refractivity contribution in [2.24, 2.45) is 0 Å². The molecule has 8 heteroatoms. The van der Waals surface area contributed by atoms with Gasteiger partial charge in [-0.1, -0.05) is 6.07 Å². The van der Waals surface area contributed by atoms with Gasteiger partial charge in [0.15, 0.2) is 11.5 Å². The van der Waals surface area contributed by atoms with Gasteiger partial charge in [-0.15, -0.1) is 0 Å². The van der Waals surface area contributed by atoms with Crippen molar-refractivity contribution >= 4 is 5.91 Å². The molecule has 2 aromatic rings. The number of hydrogen-bond donors (Lipinski definition) is 2. The molecule has 1 fully saturated rings. The highest BCUT2D eigenvalue weighted by atomic mass is 19.1. The van der Waals surface area contributed by atoms with Crippen molar-refractivity contribution in [3.63, 3.8) is 0 Å². The fraction of sp³-hybridized carbons (Fsp3) is 0.381. The van der Waals surface area contributed by atoms with Crippen molar-refractivity contribution in [1.82, 2.24) is 10.6 Å². The summed E-state index contributed by atoms with van der Waals surface area (Å²) in [5, 5.41) is 6.17. The number of rotatable bonds is 7. The number of amides is 1. The summed E-state index contributed by atoms with van der Waals surface area (Å²) in [5.74, 6) is 0.0510. The summed E-state index contributed by atoms with van der Waals surface area (Å²) in [6.45, 7) is 0.427. The number of nitrogens with one attached hydrogen (secondary N) is 2. The van der Waals surface area contributed by atoms with Gasteiger partial charge in [0.05, 0.1) is 27.4 Å². The minimum absolute atomic E-state index is 0.162. The fourth-order valence-electron chi connectivity index (χ4n) is 3.55. The third-order valence-electron chi connectivity index (χ3n) is 4.99. The maximum absolute atomic E-state index is 14.3. The smallest absolute Gasteiger partial charge is 0.220 e. The van der Waals surface area contributed by atoms with E-state index in [0.29, 0.717) is 36.6 Å². The molecule has 1 saturated heterocycles. The molecule has 6 nitrogen and oxygen atoms in total. The summed E-state index contributed by atoms with van der Waals surface area (Å²) in [5.41, 5.74) is 1.12. The Bertz CT molecular complexity index is 866. The van der Waals surface area contributed by atoms with Crippen molar-refractivity contribution in [1.29, 1.82) is 0 Å². The summed E-state index contributed by atoms with van der Waals surface area (Å²) in [7, 11) is 4.61. The number of piperidine rings is 1. The molecule has 0 radical (unpaired) electrons. The zero-order chi connectivity index (χ0) is 21.0. The molecule has 156 valence electrons. The first kappa shape index (κ1) is 20.9. The number of carbonyl (C=O) groups is 1. The van der Waals surface area contributed by atoms with E-state index in [1.165, 1.54) is 19.2 Å². The van der Waals surface area contributed by atoms with Crippen LogP contribution < -0.4 is 24.8 Å². The number of methoxy groups -OCH3 is 3. The Morgan fingerprint density at radius 2 is 1.76 bits per heavy atom. The van der Waals surface area contributed by atoms with Crippen LogP contribution in [0.4, 0.5) is 8.78 Å². The van der Waals surface area contributed by atoms with Crippen LogP contribution in [0.25, 0.3) is 0 Å². The first-order valence-corrected chi connectivity index (χ1v) is 9.23. The predicted octanol–water partition coefficient (Wildman–Crippen LogP) is 3.10. The second kappa shape index (κ2) is 9.09. The molecule has 2 atom stereocenters. The molecule has 0 unspecified atom stereocenters. The van der Waals surface area contributed by atoms with Gasteiger partial charge in [-0.25, -0.2) is 8.78 Å². The minimum atomic E-state index is -0.684. The maximum atomic E-state index is 14.3. The van der Waals surface area contributed by atoms with Crippen LogP contribution in [-0.4, -0.2) is 33.3 Å². The van der Waals surface area contributed by atoms with E-state index in [1.807, 2.05) is 12.1 Å². The van der Waals surface area contributed by atoms with Crippen LogP contribution >= 0.6 is 0 Å². The van der Waals surface area contributed by atoms with E-state index < -0.39 is 17.7 Å². The van der Waals surface area contributed by atoms with Gasteiger partial charge in [-0.3, -0.25) is 4.79 Å². The molecule has 0 spiro atoms. The summed E-state index contributed by atoms with van der Waals surface area (Å²) in [6.07, 6.45) is 0.851. The number of hydrogen-bond acceptors (Lipinski definition) is 5. The number of benzene rings is 2. The Hall–Kier alpha value is -2.87. The van der Waals surface area contributed by atoms with Crippen LogP contribution in [0.3, 0.4) is 0 Å². The molecule has 0 aromatic heterocycles. The second-order valence-corrected chi connectivity index (χ2v) is 6.77. The average Bonchev–Trinajstić information content (AvgIpc) is 2.72. The van der Waals surface area contributed by atoms with Gasteiger partial charge in [-0.05, 0) is 30.2 Å². The van der Waals surface area contributed by atoms with Gasteiger partial charge in [-0.2, -0.15) is 0 Å². The molecule has 0 aliphatic carbocycles. The van der Waals surface area contributed by atoms with E-state index in [0.717, 1.165) is 11.6 Å². The zero-order valence-corrected chi connectivity index (χ0v) is 16.6. The summed E-state index contributed by atoms with van der Waals surface area (Å²) < 4.78 is 43.7. The number of ether oxygens (including phenoxy) is 3. The van der Waals surface area contributed by atoms with E-state index in [9.17, 15) is 13.6 Å². The third kappa shape index (κ3) is 4.59. The molecule has 0 saturated carbocycles. The summed E-state index contributed by atoms with van der Waals surface area (Å²) >= 11 is 0. The Morgan fingerprint density at radius 3 is 2.34 bits per heavy atom. The zero-order valence-electron chi connectivity index (χ0n) is 16.6. The van der Waals surface area contributed by atoms with Gasteiger partial charge >= 0.3 is 0 Å². The van der Waals surface area contributed by atoms with Crippen LogP contribution in [0.15, 0.2) is 30.3 Å². The minimum Gasteiger partial charge on any atom is -0.493 e. The Kier molecular flexibility index (Phi) is 6.53. The molecule has 29 heavy (non-hydrogen) atoms. The molecule has 2 aromatic carbocycles. The van der Waals surface area contributed by atoms with Gasteiger partial charge in [0, 0.05) is 30.6 Å². The summed E-state index contributed by atoms with van der Waals surface area (Å²) in [6, 6.07) is 6.20. The highest BCUT2D eigenvalue weighted by Crippen LogP contribution is 2.38. The Labute approximate surface area is 168 Å². The SMILES string of the molecule is COc1cc(CN[C@@H]2CCC(=O)N[C@H]2c2ccc(F)cc2F)cc(OC)c1OC. The Morgan fingerprint density at radius 1 is 1.07 bits per heavy atom. The Balaban J connectivity index is 1.81. The number of carbonyl (C=O) groups excluding carboxylic acids is 1. The predicted molar refractivity (Wildman–Crippen MR) is 103 cm³/mol. The normalized spacial score (nSPS) is 18.9. The lowest BCUT2D eigenvalue weighted by Crippen LogP contribution is -2.48. The largest absolute Gasteiger partial charge is 0.493 e. The lowest BCUT2D eigenvalue weighted by atomic mass is 9.91.